The first kappa shape index (κ1) is 37.5. The summed E-state index contributed by atoms with van der Waals surface area (Å²) in [4.78, 5) is 43.7. The van der Waals surface area contributed by atoms with Crippen LogP contribution in [0.25, 0.3) is 0 Å². The molecular formula is C40H55N3O4. The number of nitrogens with one attached hydrogen (secondary N) is 1. The van der Waals surface area contributed by atoms with Crippen LogP contribution in [0.15, 0.2) is 72.8 Å². The van der Waals surface area contributed by atoms with Crippen LogP contribution in [0.3, 0.4) is 0 Å². The topological polar surface area (TPSA) is 79.0 Å². The molecule has 47 heavy (non-hydrogen) atoms. The van der Waals surface area contributed by atoms with E-state index in [1.54, 1.807) is 12.1 Å². The van der Waals surface area contributed by atoms with Crippen LogP contribution >= 0.6 is 0 Å². The fraction of sp³-hybridized carbons (Fsp3) is 0.475. The number of benzene rings is 3. The van der Waals surface area contributed by atoms with Crippen molar-refractivity contribution in [3.05, 3.63) is 106 Å². The van der Waals surface area contributed by atoms with Crippen LogP contribution in [0.5, 0.6) is 0 Å². The summed E-state index contributed by atoms with van der Waals surface area (Å²) in [5, 5.41) is 3.48. The molecule has 0 aliphatic heterocycles. The van der Waals surface area contributed by atoms with Gasteiger partial charge in [-0.3, -0.25) is 9.59 Å². The summed E-state index contributed by atoms with van der Waals surface area (Å²) in [6.45, 7) is 25.6. The maximum atomic E-state index is 13.8. The molecule has 0 saturated carbocycles. The van der Waals surface area contributed by atoms with Gasteiger partial charge in [-0.25, -0.2) is 4.79 Å². The van der Waals surface area contributed by atoms with Crippen molar-refractivity contribution in [3.8, 4) is 0 Å². The van der Waals surface area contributed by atoms with Gasteiger partial charge in [0.25, 0.3) is 11.8 Å². The number of rotatable bonds is 9. The predicted molar refractivity (Wildman–Crippen MR) is 190 cm³/mol. The quantitative estimate of drug-likeness (QED) is 0.237. The van der Waals surface area contributed by atoms with E-state index in [9.17, 15) is 14.4 Å². The van der Waals surface area contributed by atoms with Crippen molar-refractivity contribution in [2.45, 2.75) is 125 Å². The highest BCUT2D eigenvalue weighted by Gasteiger charge is 2.30. The molecule has 7 nitrogen and oxygen atoms in total. The number of hydrogen-bond donors (Lipinski definition) is 1. The van der Waals surface area contributed by atoms with Crippen LogP contribution in [0, 0.1) is 0 Å². The third kappa shape index (κ3) is 11.4. The molecule has 0 aromatic heterocycles. The van der Waals surface area contributed by atoms with E-state index in [0.717, 1.165) is 23.2 Å². The summed E-state index contributed by atoms with van der Waals surface area (Å²) in [5.41, 5.74) is 3.24. The molecule has 0 aliphatic carbocycles. The van der Waals surface area contributed by atoms with Crippen LogP contribution in [0.2, 0.25) is 0 Å². The van der Waals surface area contributed by atoms with Gasteiger partial charge in [0.15, 0.2) is 0 Å². The van der Waals surface area contributed by atoms with E-state index in [4.69, 9.17) is 4.74 Å². The van der Waals surface area contributed by atoms with Gasteiger partial charge in [-0.1, -0.05) is 36.4 Å². The van der Waals surface area contributed by atoms with Crippen LogP contribution in [0.1, 0.15) is 131 Å². The minimum Gasteiger partial charge on any atom is -0.456 e. The molecule has 3 rings (SSSR count). The first-order valence-corrected chi connectivity index (χ1v) is 16.4. The SMILES string of the molecule is CC(C)(C)NCc1ccc(C(=O)N(Cc2ccc(C(=O)N(Cc3ccc(C(=O)OC(C)(C)C)cc3)C(C)(C)C)cc2)C(C)(C)C)cc1. The molecule has 0 bridgehead atoms. The summed E-state index contributed by atoms with van der Waals surface area (Å²) in [6, 6.07) is 22.5. The summed E-state index contributed by atoms with van der Waals surface area (Å²) in [7, 11) is 0. The van der Waals surface area contributed by atoms with Gasteiger partial charge < -0.3 is 19.9 Å². The Hall–Kier alpha value is -3.97. The minimum atomic E-state index is -0.572. The van der Waals surface area contributed by atoms with Gasteiger partial charge in [-0.2, -0.15) is 0 Å². The minimum absolute atomic E-state index is 0.0135. The first-order chi connectivity index (χ1) is 21.5. The van der Waals surface area contributed by atoms with Crippen molar-refractivity contribution < 1.29 is 19.1 Å². The lowest BCUT2D eigenvalue weighted by Crippen LogP contribution is -2.45. The molecule has 2 amide bonds. The van der Waals surface area contributed by atoms with Gasteiger partial charge in [0, 0.05) is 47.4 Å². The van der Waals surface area contributed by atoms with Crippen molar-refractivity contribution >= 4 is 17.8 Å². The summed E-state index contributed by atoms with van der Waals surface area (Å²) >= 11 is 0. The number of ether oxygens (including phenoxy) is 1. The Bertz CT molecular complexity index is 1510. The number of carbonyl (C=O) groups excluding carboxylic acids is 3. The maximum Gasteiger partial charge on any atom is 0.338 e. The average molecular weight is 642 g/mol. The molecule has 0 atom stereocenters. The lowest BCUT2D eigenvalue weighted by molar-refractivity contribution is 0.00688. The number of esters is 1. The molecule has 0 heterocycles. The van der Waals surface area contributed by atoms with Crippen molar-refractivity contribution in [1.29, 1.82) is 0 Å². The number of nitrogens with zero attached hydrogens (tertiary/aromatic N) is 2. The Kier molecular flexibility index (Phi) is 11.5. The van der Waals surface area contributed by atoms with Crippen LogP contribution in [-0.4, -0.2) is 49.8 Å². The first-order valence-electron chi connectivity index (χ1n) is 16.4. The fourth-order valence-electron chi connectivity index (χ4n) is 4.87. The zero-order valence-corrected chi connectivity index (χ0v) is 30.6. The Morgan fingerprint density at radius 3 is 1.19 bits per heavy atom. The van der Waals surface area contributed by atoms with Crippen LogP contribution in [-0.2, 0) is 24.4 Å². The third-order valence-electron chi connectivity index (χ3n) is 7.60. The molecule has 0 aliphatic rings. The van der Waals surface area contributed by atoms with Crippen molar-refractivity contribution in [2.75, 3.05) is 0 Å². The van der Waals surface area contributed by atoms with E-state index in [0.29, 0.717) is 29.8 Å². The predicted octanol–water partition coefficient (Wildman–Crippen LogP) is 8.41. The lowest BCUT2D eigenvalue weighted by Gasteiger charge is -2.37. The summed E-state index contributed by atoms with van der Waals surface area (Å²) in [6.07, 6.45) is 0. The van der Waals surface area contributed by atoms with Gasteiger partial charge in [0.1, 0.15) is 5.60 Å². The fourth-order valence-corrected chi connectivity index (χ4v) is 4.87. The molecule has 1 N–H and O–H groups in total. The molecular weight excluding hydrogens is 586 g/mol. The van der Waals surface area contributed by atoms with Gasteiger partial charge >= 0.3 is 5.97 Å². The van der Waals surface area contributed by atoms with E-state index in [-0.39, 0.29) is 23.3 Å². The van der Waals surface area contributed by atoms with Crippen LogP contribution in [0.4, 0.5) is 0 Å². The lowest BCUT2D eigenvalue weighted by atomic mass is 10.00. The molecule has 0 fully saturated rings. The van der Waals surface area contributed by atoms with Gasteiger partial charge in [0.2, 0.25) is 0 Å². The molecule has 0 spiro atoms. The zero-order valence-electron chi connectivity index (χ0n) is 30.6. The standard InChI is InChI=1S/C40H55N3O4/c1-37(2,3)41-25-28-13-19-31(20-14-28)34(44)42(38(4,5)6)26-29-15-21-32(22-16-29)35(45)43(39(7,8)9)27-30-17-23-33(24-18-30)36(46)47-40(10,11)12/h13-24,41H,25-27H2,1-12H3. The Morgan fingerprint density at radius 2 is 0.872 bits per heavy atom. The molecule has 0 saturated heterocycles. The number of amides is 2. The average Bonchev–Trinajstić information content (AvgIpc) is 2.95. The molecule has 3 aromatic carbocycles. The Balaban J connectivity index is 1.75. The van der Waals surface area contributed by atoms with E-state index in [2.05, 4.69) is 26.1 Å². The normalized spacial score (nSPS) is 12.4. The van der Waals surface area contributed by atoms with Crippen molar-refractivity contribution in [2.24, 2.45) is 0 Å². The second kappa shape index (κ2) is 14.4. The van der Waals surface area contributed by atoms with E-state index in [1.807, 2.05) is 133 Å². The van der Waals surface area contributed by atoms with Crippen LogP contribution < -0.4 is 5.32 Å². The Labute approximate surface area is 282 Å². The van der Waals surface area contributed by atoms with E-state index in [1.165, 1.54) is 0 Å². The van der Waals surface area contributed by atoms with E-state index >= 15 is 0 Å². The smallest absolute Gasteiger partial charge is 0.338 e. The molecule has 0 unspecified atom stereocenters. The molecule has 7 heteroatoms. The number of carbonyl (C=O) groups is 3. The maximum absolute atomic E-state index is 13.8. The Morgan fingerprint density at radius 1 is 0.532 bits per heavy atom. The van der Waals surface area contributed by atoms with Gasteiger partial charge in [0.05, 0.1) is 5.56 Å². The van der Waals surface area contributed by atoms with Crippen molar-refractivity contribution in [1.82, 2.24) is 15.1 Å². The molecule has 3 aromatic rings. The third-order valence-corrected chi connectivity index (χ3v) is 7.60. The summed E-state index contributed by atoms with van der Waals surface area (Å²) in [5.74, 6) is -0.503. The highest BCUT2D eigenvalue weighted by atomic mass is 16.6. The second-order valence-corrected chi connectivity index (χ2v) is 16.3. The van der Waals surface area contributed by atoms with E-state index < -0.39 is 16.7 Å². The molecule has 0 radical (unpaired) electrons. The monoisotopic (exact) mass is 641 g/mol. The summed E-state index contributed by atoms with van der Waals surface area (Å²) < 4.78 is 5.48. The highest BCUT2D eigenvalue weighted by Crippen LogP contribution is 2.24. The number of hydrogen-bond acceptors (Lipinski definition) is 5. The zero-order chi connectivity index (χ0) is 35.4. The van der Waals surface area contributed by atoms with Crippen molar-refractivity contribution in [3.63, 3.8) is 0 Å². The second-order valence-electron chi connectivity index (χ2n) is 16.3. The van der Waals surface area contributed by atoms with Gasteiger partial charge in [-0.05, 0) is 136 Å². The highest BCUT2D eigenvalue weighted by molar-refractivity contribution is 5.95. The largest absolute Gasteiger partial charge is 0.456 e. The molecule has 254 valence electrons. The van der Waals surface area contributed by atoms with Gasteiger partial charge in [-0.15, -0.1) is 0 Å².